The number of nitrogens with zero attached hydrogens (tertiary/aromatic N) is 3. The minimum atomic E-state index is -0.853. The molecule has 5 rings (SSSR count). The summed E-state index contributed by atoms with van der Waals surface area (Å²) in [6.07, 6.45) is 1.25. The number of ether oxygens (including phenoxy) is 1. The van der Waals surface area contributed by atoms with Crippen LogP contribution in [0, 0.1) is 6.92 Å². The molecule has 0 aliphatic carbocycles. The van der Waals surface area contributed by atoms with Gasteiger partial charge in [-0.1, -0.05) is 30.3 Å². The Morgan fingerprint density at radius 3 is 2.22 bits per heavy atom. The fourth-order valence-corrected chi connectivity index (χ4v) is 4.32. The molecule has 2 heterocycles. The highest BCUT2D eigenvalue weighted by Crippen LogP contribution is 2.29. The van der Waals surface area contributed by atoms with Crippen molar-refractivity contribution >= 4 is 5.91 Å². The summed E-state index contributed by atoms with van der Waals surface area (Å²) in [6, 6.07) is 21.0. The summed E-state index contributed by atoms with van der Waals surface area (Å²) in [5.41, 5.74) is -0.378. The molecule has 1 aliphatic heterocycles. The molecule has 1 fully saturated rings. The van der Waals surface area contributed by atoms with Crippen molar-refractivity contribution in [3.63, 3.8) is 0 Å². The van der Waals surface area contributed by atoms with Crippen molar-refractivity contribution < 1.29 is 9.53 Å². The van der Waals surface area contributed by atoms with Crippen LogP contribution in [0.25, 0.3) is 11.4 Å². The van der Waals surface area contributed by atoms with Gasteiger partial charge in [0.2, 0.25) is 5.91 Å². The van der Waals surface area contributed by atoms with Crippen LogP contribution in [0.5, 0.6) is 11.5 Å². The van der Waals surface area contributed by atoms with Gasteiger partial charge in [0.15, 0.2) is 0 Å². The van der Waals surface area contributed by atoms with Crippen LogP contribution < -0.4 is 21.8 Å². The summed E-state index contributed by atoms with van der Waals surface area (Å²) in [7, 11) is 0. The summed E-state index contributed by atoms with van der Waals surface area (Å²) < 4.78 is 7.90. The second-order valence-corrected chi connectivity index (χ2v) is 8.65. The van der Waals surface area contributed by atoms with Gasteiger partial charge >= 0.3 is 17.1 Å². The molecule has 1 aliphatic rings. The Morgan fingerprint density at radius 2 is 1.56 bits per heavy atom. The molecule has 0 saturated carbocycles. The highest BCUT2D eigenvalue weighted by molar-refractivity contribution is 5.78. The number of rotatable bonds is 6. The molecule has 0 atom stereocenters. The average molecular weight is 485 g/mol. The average Bonchev–Trinajstić information content (AvgIpc) is 3.25. The maximum absolute atomic E-state index is 13.4. The van der Waals surface area contributed by atoms with Crippen LogP contribution in [0.1, 0.15) is 24.0 Å². The molecule has 0 spiro atoms. The van der Waals surface area contributed by atoms with Gasteiger partial charge in [0.05, 0.1) is 11.4 Å². The van der Waals surface area contributed by atoms with Crippen LogP contribution in [-0.2, 0) is 11.3 Å². The van der Waals surface area contributed by atoms with E-state index >= 15 is 0 Å². The Balaban J connectivity index is 1.64. The molecule has 9 heteroatoms. The van der Waals surface area contributed by atoms with E-state index in [0.29, 0.717) is 35.7 Å². The van der Waals surface area contributed by atoms with Crippen molar-refractivity contribution in [2.24, 2.45) is 0 Å². The van der Waals surface area contributed by atoms with Crippen molar-refractivity contribution in [1.29, 1.82) is 0 Å². The molecule has 4 aromatic rings. The first kappa shape index (κ1) is 23.1. The van der Waals surface area contributed by atoms with E-state index in [4.69, 9.17) is 4.74 Å². The second kappa shape index (κ2) is 9.53. The number of para-hydroxylation sites is 1. The van der Waals surface area contributed by atoms with Gasteiger partial charge in [-0.2, -0.15) is 0 Å². The SMILES string of the molecule is Cc1cccc(-n2c(=O)[nH]c(=O)n(-c3ccc(Oc4ccccc4)c(CN4CCCC4=O)c3)c2=O)c1. The van der Waals surface area contributed by atoms with E-state index in [-0.39, 0.29) is 18.1 Å². The fourth-order valence-electron chi connectivity index (χ4n) is 4.32. The molecule has 0 unspecified atom stereocenters. The third-order valence-electron chi connectivity index (χ3n) is 6.07. The molecule has 36 heavy (non-hydrogen) atoms. The summed E-state index contributed by atoms with van der Waals surface area (Å²) in [5, 5.41) is 0. The Bertz CT molecular complexity index is 1620. The Labute approximate surface area is 205 Å². The van der Waals surface area contributed by atoms with E-state index in [1.807, 2.05) is 43.3 Å². The van der Waals surface area contributed by atoms with Crippen molar-refractivity contribution in [2.45, 2.75) is 26.3 Å². The van der Waals surface area contributed by atoms with E-state index in [1.54, 1.807) is 41.3 Å². The van der Waals surface area contributed by atoms with Crippen molar-refractivity contribution in [1.82, 2.24) is 19.0 Å². The zero-order valence-corrected chi connectivity index (χ0v) is 19.6. The number of carbonyl (C=O) groups excluding carboxylic acids is 1. The lowest BCUT2D eigenvalue weighted by Gasteiger charge is -2.19. The van der Waals surface area contributed by atoms with Gasteiger partial charge in [-0.25, -0.2) is 23.5 Å². The number of hydrogen-bond acceptors (Lipinski definition) is 5. The van der Waals surface area contributed by atoms with Crippen LogP contribution in [0.15, 0.2) is 87.2 Å². The van der Waals surface area contributed by atoms with Crippen LogP contribution in [-0.4, -0.2) is 31.5 Å². The summed E-state index contributed by atoms with van der Waals surface area (Å²) in [6.45, 7) is 2.72. The van der Waals surface area contributed by atoms with Crippen molar-refractivity contribution in [2.75, 3.05) is 6.54 Å². The minimum absolute atomic E-state index is 0.0362. The molecule has 1 aromatic heterocycles. The Kier molecular flexibility index (Phi) is 6.12. The number of aromatic amines is 1. The molecule has 0 bridgehead atoms. The lowest BCUT2D eigenvalue weighted by atomic mass is 10.1. The van der Waals surface area contributed by atoms with E-state index in [2.05, 4.69) is 4.98 Å². The van der Waals surface area contributed by atoms with Crippen LogP contribution >= 0.6 is 0 Å². The standard InChI is InChI=1S/C27H24N4O5/c1-18-7-5-8-20(15-18)30-25(33)28-26(34)31(27(30)35)21-12-13-23(36-22-9-3-2-4-10-22)19(16-21)17-29-14-6-11-24(29)32/h2-5,7-10,12-13,15-16H,6,11,14,17H2,1H3,(H,28,33,34). The highest BCUT2D eigenvalue weighted by Gasteiger charge is 2.23. The Morgan fingerprint density at radius 1 is 0.833 bits per heavy atom. The smallest absolute Gasteiger partial charge is 0.345 e. The lowest BCUT2D eigenvalue weighted by Crippen LogP contribution is -2.48. The van der Waals surface area contributed by atoms with Crippen LogP contribution in [0.2, 0.25) is 0 Å². The molecule has 9 nitrogen and oxygen atoms in total. The third kappa shape index (κ3) is 4.50. The number of nitrogens with one attached hydrogen (secondary N) is 1. The summed E-state index contributed by atoms with van der Waals surface area (Å²) in [5.74, 6) is 1.15. The minimum Gasteiger partial charge on any atom is -0.457 e. The van der Waals surface area contributed by atoms with Gasteiger partial charge in [0, 0.05) is 25.1 Å². The van der Waals surface area contributed by atoms with Crippen molar-refractivity contribution in [3.05, 3.63) is 115 Å². The summed E-state index contributed by atoms with van der Waals surface area (Å²) in [4.78, 5) is 55.1. The first-order chi connectivity index (χ1) is 17.4. The summed E-state index contributed by atoms with van der Waals surface area (Å²) >= 11 is 0. The van der Waals surface area contributed by atoms with Crippen molar-refractivity contribution in [3.8, 4) is 22.9 Å². The highest BCUT2D eigenvalue weighted by atomic mass is 16.5. The van der Waals surface area contributed by atoms with E-state index in [0.717, 1.165) is 21.1 Å². The molecule has 1 N–H and O–H groups in total. The number of aromatic nitrogens is 3. The molecular weight excluding hydrogens is 460 g/mol. The number of hydrogen-bond donors (Lipinski definition) is 1. The lowest BCUT2D eigenvalue weighted by molar-refractivity contribution is -0.128. The maximum atomic E-state index is 13.4. The van der Waals surface area contributed by atoms with Gasteiger partial charge in [0.1, 0.15) is 11.5 Å². The predicted octanol–water partition coefficient (Wildman–Crippen LogP) is 2.90. The molecule has 1 amide bonds. The zero-order valence-electron chi connectivity index (χ0n) is 19.6. The number of likely N-dealkylation sites (tertiary alicyclic amines) is 1. The topological polar surface area (TPSA) is 106 Å². The fraction of sp³-hybridized carbons (Fsp3) is 0.185. The third-order valence-corrected chi connectivity index (χ3v) is 6.07. The number of carbonyl (C=O) groups is 1. The molecular formula is C27H24N4O5. The largest absolute Gasteiger partial charge is 0.457 e. The quantitative estimate of drug-likeness (QED) is 0.453. The normalized spacial score (nSPS) is 13.2. The van der Waals surface area contributed by atoms with Gasteiger partial charge in [-0.05, 0) is 61.4 Å². The van der Waals surface area contributed by atoms with Crippen LogP contribution in [0.3, 0.4) is 0 Å². The molecule has 1 saturated heterocycles. The van der Waals surface area contributed by atoms with E-state index in [1.165, 1.54) is 0 Å². The molecule has 0 radical (unpaired) electrons. The molecule has 3 aromatic carbocycles. The zero-order chi connectivity index (χ0) is 25.2. The molecule has 182 valence electrons. The van der Waals surface area contributed by atoms with Gasteiger partial charge in [-0.3, -0.25) is 9.78 Å². The van der Waals surface area contributed by atoms with Gasteiger partial charge in [0.25, 0.3) is 0 Å². The number of H-pyrrole nitrogens is 1. The Hall–Kier alpha value is -4.66. The van der Waals surface area contributed by atoms with Gasteiger partial charge < -0.3 is 9.64 Å². The first-order valence-electron chi connectivity index (χ1n) is 11.6. The second-order valence-electron chi connectivity index (χ2n) is 8.65. The van der Waals surface area contributed by atoms with E-state index < -0.39 is 17.1 Å². The predicted molar refractivity (Wildman–Crippen MR) is 134 cm³/mol. The van der Waals surface area contributed by atoms with E-state index in [9.17, 15) is 19.2 Å². The van der Waals surface area contributed by atoms with Gasteiger partial charge in [-0.15, -0.1) is 0 Å². The first-order valence-corrected chi connectivity index (χ1v) is 11.6. The number of amides is 1. The van der Waals surface area contributed by atoms with Crippen LogP contribution in [0.4, 0.5) is 0 Å². The monoisotopic (exact) mass is 484 g/mol. The number of aryl methyl sites for hydroxylation is 1. The number of benzene rings is 3. The maximum Gasteiger partial charge on any atom is 0.345 e.